The zero-order valence-corrected chi connectivity index (χ0v) is 6.14. The summed E-state index contributed by atoms with van der Waals surface area (Å²) in [5.41, 5.74) is 1.02. The molecule has 0 aliphatic carbocycles. The number of rotatable bonds is 1. The molecule has 0 fully saturated rings. The number of nitrogens with zero attached hydrogens (tertiary/aromatic N) is 2. The van der Waals surface area contributed by atoms with Crippen LogP contribution < -0.4 is 0 Å². The predicted molar refractivity (Wildman–Crippen MR) is 40.8 cm³/mol. The molecule has 0 atom stereocenters. The van der Waals surface area contributed by atoms with Crippen molar-refractivity contribution < 1.29 is 0 Å². The molecule has 0 saturated heterocycles. The van der Waals surface area contributed by atoms with Gasteiger partial charge < -0.3 is 0 Å². The quantitative estimate of drug-likeness (QED) is 0.616. The molecule has 0 aliphatic heterocycles. The Kier molecular flexibility index (Phi) is 4.26. The Bertz CT molecular complexity index is 215. The molecule has 1 aromatic rings. The first-order valence-electron chi connectivity index (χ1n) is 2.69. The molecule has 0 spiro atoms. The van der Waals surface area contributed by atoms with Crippen LogP contribution in [-0.4, -0.2) is 4.98 Å². The number of aromatic nitrogens is 1. The molecule has 2 nitrogen and oxygen atoms in total. The fraction of sp³-hybridized carbons (Fsp3) is 0.143. The van der Waals surface area contributed by atoms with Gasteiger partial charge in [-0.2, -0.15) is 5.26 Å². The summed E-state index contributed by atoms with van der Waals surface area (Å²) >= 11 is 0. The van der Waals surface area contributed by atoms with Gasteiger partial charge in [0, 0.05) is 12.4 Å². The minimum atomic E-state index is 0. The van der Waals surface area contributed by atoms with Crippen molar-refractivity contribution in [1.29, 1.82) is 5.26 Å². The van der Waals surface area contributed by atoms with Crippen LogP contribution in [-0.2, 0) is 6.42 Å². The van der Waals surface area contributed by atoms with E-state index >= 15 is 0 Å². The number of hydrogen-bond donors (Lipinski definition) is 0. The van der Waals surface area contributed by atoms with Crippen LogP contribution in [0.5, 0.6) is 0 Å². The summed E-state index contributed by atoms with van der Waals surface area (Å²) in [5, 5.41) is 8.25. The van der Waals surface area contributed by atoms with E-state index in [1.807, 2.05) is 12.1 Å². The molecule has 0 unspecified atom stereocenters. The lowest BCUT2D eigenvalue weighted by atomic mass is 10.2. The van der Waals surface area contributed by atoms with Crippen molar-refractivity contribution in [1.82, 2.24) is 4.98 Å². The van der Waals surface area contributed by atoms with Crippen molar-refractivity contribution in [3.05, 3.63) is 30.1 Å². The van der Waals surface area contributed by atoms with Crippen LogP contribution in [0.25, 0.3) is 0 Å². The van der Waals surface area contributed by atoms with E-state index in [4.69, 9.17) is 5.26 Å². The third-order valence-electron chi connectivity index (χ3n) is 1.03. The van der Waals surface area contributed by atoms with Crippen LogP contribution >= 0.6 is 12.4 Å². The summed E-state index contributed by atoms with van der Waals surface area (Å²) in [6.45, 7) is 0. The minimum absolute atomic E-state index is 0. The monoisotopic (exact) mass is 154 g/mol. The first-order chi connectivity index (χ1) is 4.43. The zero-order valence-electron chi connectivity index (χ0n) is 5.32. The van der Waals surface area contributed by atoms with Gasteiger partial charge in [0.1, 0.15) is 0 Å². The molecule has 0 amide bonds. The molecular formula is C7H7ClN2. The van der Waals surface area contributed by atoms with E-state index in [1.54, 1.807) is 12.4 Å². The van der Waals surface area contributed by atoms with Gasteiger partial charge in [0.15, 0.2) is 0 Å². The van der Waals surface area contributed by atoms with Gasteiger partial charge >= 0.3 is 0 Å². The van der Waals surface area contributed by atoms with E-state index in [9.17, 15) is 0 Å². The summed E-state index contributed by atoms with van der Waals surface area (Å²) in [7, 11) is 0. The van der Waals surface area contributed by atoms with Crippen molar-refractivity contribution in [2.24, 2.45) is 0 Å². The molecule has 52 valence electrons. The highest BCUT2D eigenvalue weighted by molar-refractivity contribution is 5.85. The van der Waals surface area contributed by atoms with Crippen molar-refractivity contribution >= 4 is 12.4 Å². The van der Waals surface area contributed by atoms with E-state index < -0.39 is 0 Å². The molecule has 1 rings (SSSR count). The Balaban J connectivity index is 0.000000810. The van der Waals surface area contributed by atoms with Crippen molar-refractivity contribution in [3.8, 4) is 6.07 Å². The molecule has 0 bridgehead atoms. The summed E-state index contributed by atoms with van der Waals surface area (Å²) < 4.78 is 0. The lowest BCUT2D eigenvalue weighted by molar-refractivity contribution is 1.21. The molecular weight excluding hydrogens is 148 g/mol. The normalized spacial score (nSPS) is 7.50. The van der Waals surface area contributed by atoms with E-state index in [0.29, 0.717) is 6.42 Å². The van der Waals surface area contributed by atoms with Gasteiger partial charge in [-0.05, 0) is 17.7 Å². The highest BCUT2D eigenvalue weighted by Crippen LogP contribution is 1.94. The maximum Gasteiger partial charge on any atom is 0.0669 e. The average Bonchev–Trinajstić information content (AvgIpc) is 1.91. The van der Waals surface area contributed by atoms with Crippen LogP contribution in [0.15, 0.2) is 24.5 Å². The Hall–Kier alpha value is -1.07. The van der Waals surface area contributed by atoms with E-state index in [0.717, 1.165) is 5.56 Å². The van der Waals surface area contributed by atoms with Crippen molar-refractivity contribution in [2.75, 3.05) is 0 Å². The second kappa shape index (κ2) is 4.78. The number of hydrogen-bond acceptors (Lipinski definition) is 2. The Labute approximate surface area is 65.9 Å². The molecule has 0 radical (unpaired) electrons. The average molecular weight is 155 g/mol. The van der Waals surface area contributed by atoms with Gasteiger partial charge in [-0.3, -0.25) is 4.98 Å². The lowest BCUT2D eigenvalue weighted by Crippen LogP contribution is -1.79. The first kappa shape index (κ1) is 8.93. The number of nitriles is 1. The maximum atomic E-state index is 8.25. The SMILES string of the molecule is Cl.N#CCc1ccncc1. The van der Waals surface area contributed by atoms with Crippen LogP contribution in [0.1, 0.15) is 5.56 Å². The van der Waals surface area contributed by atoms with Crippen LogP contribution in [0.4, 0.5) is 0 Å². The van der Waals surface area contributed by atoms with Gasteiger partial charge in [0.2, 0.25) is 0 Å². The summed E-state index contributed by atoms with van der Waals surface area (Å²) in [6, 6.07) is 5.73. The third kappa shape index (κ3) is 2.47. The van der Waals surface area contributed by atoms with Crippen LogP contribution in [0, 0.1) is 11.3 Å². The van der Waals surface area contributed by atoms with Gasteiger partial charge in [-0.1, -0.05) is 0 Å². The molecule has 0 aliphatic rings. The first-order valence-corrected chi connectivity index (χ1v) is 2.69. The summed E-state index contributed by atoms with van der Waals surface area (Å²) in [4.78, 5) is 3.82. The highest BCUT2D eigenvalue weighted by atomic mass is 35.5. The largest absolute Gasteiger partial charge is 0.265 e. The summed E-state index contributed by atoms with van der Waals surface area (Å²) in [6.07, 6.45) is 3.85. The number of pyridine rings is 1. The standard InChI is InChI=1S/C7H6N2.ClH/c8-4-1-7-2-5-9-6-3-7;/h2-3,5-6H,1H2;1H. The van der Waals surface area contributed by atoms with Crippen LogP contribution in [0.3, 0.4) is 0 Å². The van der Waals surface area contributed by atoms with Gasteiger partial charge in [-0.15, -0.1) is 12.4 Å². The topological polar surface area (TPSA) is 36.7 Å². The van der Waals surface area contributed by atoms with E-state index in [-0.39, 0.29) is 12.4 Å². The molecule has 3 heteroatoms. The molecule has 0 saturated carbocycles. The van der Waals surface area contributed by atoms with E-state index in [1.165, 1.54) is 0 Å². The predicted octanol–water partition coefficient (Wildman–Crippen LogP) is 1.57. The second-order valence-corrected chi connectivity index (χ2v) is 1.69. The van der Waals surface area contributed by atoms with Gasteiger partial charge in [0.05, 0.1) is 12.5 Å². The molecule has 0 N–H and O–H groups in total. The molecule has 0 aromatic carbocycles. The third-order valence-corrected chi connectivity index (χ3v) is 1.03. The lowest BCUT2D eigenvalue weighted by Gasteiger charge is -1.87. The fourth-order valence-electron chi connectivity index (χ4n) is 0.592. The Morgan fingerprint density at radius 3 is 2.50 bits per heavy atom. The minimum Gasteiger partial charge on any atom is -0.265 e. The van der Waals surface area contributed by atoms with Gasteiger partial charge in [-0.25, -0.2) is 0 Å². The molecule has 1 aromatic heterocycles. The number of halogens is 1. The molecule has 10 heavy (non-hydrogen) atoms. The Morgan fingerprint density at radius 1 is 1.40 bits per heavy atom. The Morgan fingerprint density at radius 2 is 2.00 bits per heavy atom. The smallest absolute Gasteiger partial charge is 0.0669 e. The maximum absolute atomic E-state index is 8.25. The fourth-order valence-corrected chi connectivity index (χ4v) is 0.592. The second-order valence-electron chi connectivity index (χ2n) is 1.69. The highest BCUT2D eigenvalue weighted by Gasteiger charge is 1.85. The summed E-state index contributed by atoms with van der Waals surface area (Å²) in [5.74, 6) is 0. The van der Waals surface area contributed by atoms with Crippen molar-refractivity contribution in [3.63, 3.8) is 0 Å². The van der Waals surface area contributed by atoms with Gasteiger partial charge in [0.25, 0.3) is 0 Å². The molecule has 1 heterocycles. The van der Waals surface area contributed by atoms with Crippen molar-refractivity contribution in [2.45, 2.75) is 6.42 Å². The zero-order chi connectivity index (χ0) is 6.53. The van der Waals surface area contributed by atoms with Crippen LogP contribution in [0.2, 0.25) is 0 Å². The van der Waals surface area contributed by atoms with E-state index in [2.05, 4.69) is 11.1 Å².